The average Bonchev–Trinajstić information content (AvgIpc) is 3.22. The van der Waals surface area contributed by atoms with E-state index >= 15 is 0 Å². The average molecular weight is 464 g/mol. The maximum Gasteiger partial charge on any atom is 0.416 e. The van der Waals surface area contributed by atoms with E-state index in [2.05, 4.69) is 15.7 Å². The number of ether oxygens (including phenoxy) is 1. The van der Waals surface area contributed by atoms with Gasteiger partial charge in [-0.15, -0.1) is 0 Å². The second-order valence-corrected chi connectivity index (χ2v) is 7.01. The zero-order chi connectivity index (χ0) is 24.2. The monoisotopic (exact) mass is 464 g/mol. The molecule has 2 amide bonds. The van der Waals surface area contributed by atoms with Gasteiger partial charge in [0, 0.05) is 18.7 Å². The zero-order valence-electron chi connectivity index (χ0n) is 17.7. The van der Waals surface area contributed by atoms with Gasteiger partial charge in [-0.25, -0.2) is 9.07 Å². The molecule has 174 valence electrons. The maximum atomic E-state index is 13.6. The fraction of sp³-hybridized carbons (Fsp3) is 0.227. The number of methoxy groups -OCH3 is 1. The van der Waals surface area contributed by atoms with Crippen LogP contribution >= 0.6 is 0 Å². The minimum atomic E-state index is -4.53. The van der Waals surface area contributed by atoms with Crippen LogP contribution in [0.4, 0.5) is 17.6 Å². The fourth-order valence-corrected chi connectivity index (χ4v) is 2.89. The molecular weight excluding hydrogens is 444 g/mol. The van der Waals surface area contributed by atoms with E-state index in [1.165, 1.54) is 37.6 Å². The van der Waals surface area contributed by atoms with E-state index in [9.17, 15) is 27.2 Å². The van der Waals surface area contributed by atoms with Gasteiger partial charge in [-0.1, -0.05) is 12.1 Å². The molecule has 0 spiro atoms. The van der Waals surface area contributed by atoms with Gasteiger partial charge in [0.1, 0.15) is 5.82 Å². The quantitative estimate of drug-likeness (QED) is 0.414. The van der Waals surface area contributed by atoms with Crippen LogP contribution in [0.2, 0.25) is 0 Å². The van der Waals surface area contributed by atoms with Crippen molar-refractivity contribution in [3.63, 3.8) is 0 Å². The molecule has 0 unspecified atom stereocenters. The highest BCUT2D eigenvalue weighted by molar-refractivity contribution is 5.95. The summed E-state index contributed by atoms with van der Waals surface area (Å²) < 4.78 is 58.7. The second kappa shape index (κ2) is 9.72. The molecule has 3 rings (SSSR count). The Kier molecular flexibility index (Phi) is 7.00. The molecule has 2 aromatic carbocycles. The van der Waals surface area contributed by atoms with Crippen molar-refractivity contribution in [2.24, 2.45) is 0 Å². The van der Waals surface area contributed by atoms with Gasteiger partial charge in [-0.05, 0) is 42.8 Å². The molecule has 1 aromatic heterocycles. The Bertz CT molecular complexity index is 1170. The summed E-state index contributed by atoms with van der Waals surface area (Å²) in [5.74, 6) is -1.59. The number of nitrogens with one attached hydrogen (secondary N) is 2. The number of aromatic nitrogens is 2. The molecule has 0 aliphatic rings. The second-order valence-electron chi connectivity index (χ2n) is 7.01. The molecule has 3 aromatic rings. The number of amides is 2. The lowest BCUT2D eigenvalue weighted by Crippen LogP contribution is -2.35. The van der Waals surface area contributed by atoms with Gasteiger partial charge in [0.05, 0.1) is 24.6 Å². The highest BCUT2D eigenvalue weighted by Gasteiger charge is 2.30. The van der Waals surface area contributed by atoms with E-state index < -0.39 is 29.4 Å². The number of carbonyl (C=O) groups is 2. The molecule has 11 heteroatoms. The molecule has 0 aliphatic heterocycles. The summed E-state index contributed by atoms with van der Waals surface area (Å²) in [5.41, 5.74) is -0.338. The Morgan fingerprint density at radius 3 is 2.39 bits per heavy atom. The lowest BCUT2D eigenvalue weighted by atomic mass is 10.1. The van der Waals surface area contributed by atoms with Gasteiger partial charge in [-0.2, -0.15) is 18.3 Å². The van der Waals surface area contributed by atoms with Crippen molar-refractivity contribution in [1.29, 1.82) is 0 Å². The first-order valence-electron chi connectivity index (χ1n) is 9.74. The van der Waals surface area contributed by atoms with Crippen LogP contribution in [0.1, 0.15) is 32.0 Å². The van der Waals surface area contributed by atoms with Crippen molar-refractivity contribution in [2.75, 3.05) is 20.2 Å². The van der Waals surface area contributed by atoms with Gasteiger partial charge < -0.3 is 15.4 Å². The molecular formula is C22H20F4N4O3. The smallest absolute Gasteiger partial charge is 0.416 e. The van der Waals surface area contributed by atoms with Gasteiger partial charge in [0.2, 0.25) is 0 Å². The molecule has 0 aliphatic carbocycles. The molecule has 0 saturated carbocycles. The van der Waals surface area contributed by atoms with Crippen LogP contribution in [0.3, 0.4) is 0 Å². The summed E-state index contributed by atoms with van der Waals surface area (Å²) in [6.45, 7) is 1.66. The van der Waals surface area contributed by atoms with Gasteiger partial charge in [-0.3, -0.25) is 9.59 Å². The van der Waals surface area contributed by atoms with Crippen LogP contribution in [0.5, 0.6) is 5.75 Å². The van der Waals surface area contributed by atoms with E-state index in [-0.39, 0.29) is 35.8 Å². The largest absolute Gasteiger partial charge is 0.493 e. The normalized spacial score (nSPS) is 11.2. The fourth-order valence-electron chi connectivity index (χ4n) is 2.89. The minimum Gasteiger partial charge on any atom is -0.493 e. The highest BCUT2D eigenvalue weighted by Crippen LogP contribution is 2.30. The maximum absolute atomic E-state index is 13.6. The van der Waals surface area contributed by atoms with E-state index in [0.29, 0.717) is 5.56 Å². The first-order chi connectivity index (χ1) is 15.6. The first kappa shape index (κ1) is 23.8. The van der Waals surface area contributed by atoms with E-state index in [0.717, 1.165) is 22.9 Å². The summed E-state index contributed by atoms with van der Waals surface area (Å²) in [6.07, 6.45) is -3.24. The molecule has 0 fully saturated rings. The zero-order valence-corrected chi connectivity index (χ0v) is 17.7. The lowest BCUT2D eigenvalue weighted by molar-refractivity contribution is -0.137. The molecule has 0 bridgehead atoms. The highest BCUT2D eigenvalue weighted by atomic mass is 19.4. The Morgan fingerprint density at radius 2 is 1.76 bits per heavy atom. The predicted octanol–water partition coefficient (Wildman–Crippen LogP) is 3.51. The summed E-state index contributed by atoms with van der Waals surface area (Å²) in [6, 6.07) is 8.56. The van der Waals surface area contributed by atoms with Crippen molar-refractivity contribution in [3.05, 3.63) is 76.9 Å². The molecule has 2 N–H and O–H groups in total. The Labute approximate surface area is 186 Å². The molecule has 33 heavy (non-hydrogen) atoms. The third-order valence-corrected chi connectivity index (χ3v) is 4.68. The summed E-state index contributed by atoms with van der Waals surface area (Å²) >= 11 is 0. The van der Waals surface area contributed by atoms with Crippen LogP contribution in [0.25, 0.3) is 5.69 Å². The number of alkyl halides is 3. The van der Waals surface area contributed by atoms with E-state index in [1.807, 2.05) is 0 Å². The van der Waals surface area contributed by atoms with Crippen LogP contribution in [0, 0.1) is 12.7 Å². The van der Waals surface area contributed by atoms with Gasteiger partial charge in [0.15, 0.2) is 11.4 Å². The van der Waals surface area contributed by atoms with Crippen molar-refractivity contribution < 1.29 is 31.9 Å². The standard InChI is InChI=1S/C22H20F4N4O3/c1-13-6-7-14(10-17(13)23)20(31)27-8-9-28-21(32)19-18(33-2)12-30(29-19)16-5-3-4-15(11-16)22(24,25)26/h3-7,10-12H,8-9H2,1-2H3,(H,27,31)(H,28,32). The van der Waals surface area contributed by atoms with Crippen LogP contribution < -0.4 is 15.4 Å². The van der Waals surface area contributed by atoms with Crippen LogP contribution in [-0.4, -0.2) is 41.8 Å². The van der Waals surface area contributed by atoms with Crippen molar-refractivity contribution >= 4 is 11.8 Å². The minimum absolute atomic E-state index is 0.0263. The number of aryl methyl sites for hydroxylation is 1. The molecule has 1 heterocycles. The Morgan fingerprint density at radius 1 is 1.06 bits per heavy atom. The molecule has 0 radical (unpaired) electrons. The van der Waals surface area contributed by atoms with Gasteiger partial charge >= 0.3 is 6.18 Å². The topological polar surface area (TPSA) is 85.2 Å². The van der Waals surface area contributed by atoms with Crippen LogP contribution in [-0.2, 0) is 6.18 Å². The molecule has 0 saturated heterocycles. The molecule has 7 nitrogen and oxygen atoms in total. The lowest BCUT2D eigenvalue weighted by Gasteiger charge is -2.08. The number of nitrogens with zero attached hydrogens (tertiary/aromatic N) is 2. The number of carbonyl (C=O) groups excluding carboxylic acids is 2. The van der Waals surface area contributed by atoms with Crippen molar-refractivity contribution in [2.45, 2.75) is 13.1 Å². The Hall–Kier alpha value is -3.89. The number of benzene rings is 2. The number of halogens is 4. The number of hydrogen-bond donors (Lipinski definition) is 2. The third kappa shape index (κ3) is 5.68. The predicted molar refractivity (Wildman–Crippen MR) is 111 cm³/mol. The van der Waals surface area contributed by atoms with Gasteiger partial charge in [0.25, 0.3) is 11.8 Å². The summed E-state index contributed by atoms with van der Waals surface area (Å²) in [5, 5.41) is 9.12. The molecule has 0 atom stereocenters. The number of rotatable bonds is 7. The summed E-state index contributed by atoms with van der Waals surface area (Å²) in [7, 11) is 1.30. The third-order valence-electron chi connectivity index (χ3n) is 4.68. The van der Waals surface area contributed by atoms with E-state index in [1.54, 1.807) is 6.92 Å². The first-order valence-corrected chi connectivity index (χ1v) is 9.74. The van der Waals surface area contributed by atoms with Crippen molar-refractivity contribution in [3.8, 4) is 11.4 Å². The Balaban J connectivity index is 1.63. The number of hydrogen-bond acceptors (Lipinski definition) is 4. The summed E-state index contributed by atoms with van der Waals surface area (Å²) in [4.78, 5) is 24.6. The SMILES string of the molecule is COc1cn(-c2cccc(C(F)(F)F)c2)nc1C(=O)NCCNC(=O)c1ccc(C)c(F)c1. The van der Waals surface area contributed by atoms with E-state index in [4.69, 9.17) is 4.74 Å². The van der Waals surface area contributed by atoms with Crippen molar-refractivity contribution in [1.82, 2.24) is 20.4 Å². The van der Waals surface area contributed by atoms with Crippen LogP contribution in [0.15, 0.2) is 48.7 Å².